The smallest absolute Gasteiger partial charge is 0.248 e. The highest BCUT2D eigenvalue weighted by Gasteiger charge is 2.07. The van der Waals surface area contributed by atoms with Gasteiger partial charge in [0.1, 0.15) is 12.4 Å². The van der Waals surface area contributed by atoms with E-state index in [4.69, 9.17) is 22.1 Å². The van der Waals surface area contributed by atoms with E-state index in [0.29, 0.717) is 30.3 Å². The second kappa shape index (κ2) is 11.7. The second-order valence-corrected chi connectivity index (χ2v) is 6.13. The van der Waals surface area contributed by atoms with Crippen molar-refractivity contribution in [3.63, 3.8) is 0 Å². The van der Waals surface area contributed by atoms with Crippen molar-refractivity contribution in [2.24, 2.45) is 10.7 Å². The van der Waals surface area contributed by atoms with E-state index in [9.17, 15) is 4.79 Å². The minimum atomic E-state index is -0.437. The fourth-order valence-electron chi connectivity index (χ4n) is 2.34. The maximum Gasteiger partial charge on any atom is 0.248 e. The summed E-state index contributed by atoms with van der Waals surface area (Å²) in [6.45, 7) is 1.70. The molecule has 27 heavy (non-hydrogen) atoms. The summed E-state index contributed by atoms with van der Waals surface area (Å²) in [5, 5.41) is 3.94. The van der Waals surface area contributed by atoms with Gasteiger partial charge in [-0.05, 0) is 42.0 Å². The number of hydrogen-bond acceptors (Lipinski definition) is 3. The lowest BCUT2D eigenvalue weighted by atomic mass is 10.1. The standard InChI is InChI=1S/C19H23ClN4O2.HI/c1-22-19(23-13-14-4-3-5-15(12-14)18(21)25)24(2)10-11-26-17-8-6-16(20)7-9-17;/h3-9,12H,10-11,13H2,1-2H3,(H2,21,25)(H,22,23);1H. The number of halogens is 2. The van der Waals surface area contributed by atoms with E-state index >= 15 is 0 Å². The van der Waals surface area contributed by atoms with Gasteiger partial charge in [0.25, 0.3) is 0 Å². The molecule has 2 aromatic carbocycles. The lowest BCUT2D eigenvalue weighted by Gasteiger charge is -2.22. The second-order valence-electron chi connectivity index (χ2n) is 5.69. The van der Waals surface area contributed by atoms with Crippen LogP contribution < -0.4 is 15.8 Å². The van der Waals surface area contributed by atoms with E-state index in [1.165, 1.54) is 0 Å². The van der Waals surface area contributed by atoms with Gasteiger partial charge in [-0.3, -0.25) is 9.79 Å². The van der Waals surface area contributed by atoms with E-state index in [0.717, 1.165) is 17.3 Å². The van der Waals surface area contributed by atoms with Crippen LogP contribution in [0.25, 0.3) is 0 Å². The Morgan fingerprint density at radius 1 is 1.26 bits per heavy atom. The number of nitrogens with one attached hydrogen (secondary N) is 1. The molecule has 0 aliphatic rings. The topological polar surface area (TPSA) is 79.9 Å². The molecule has 0 atom stereocenters. The third-order valence-corrected chi connectivity index (χ3v) is 4.00. The van der Waals surface area contributed by atoms with Crippen LogP contribution in [0.1, 0.15) is 15.9 Å². The van der Waals surface area contributed by atoms with E-state index < -0.39 is 5.91 Å². The monoisotopic (exact) mass is 502 g/mol. The predicted molar refractivity (Wildman–Crippen MR) is 120 cm³/mol. The van der Waals surface area contributed by atoms with Crippen LogP contribution in [0.15, 0.2) is 53.5 Å². The first-order chi connectivity index (χ1) is 12.5. The number of hydrogen-bond donors (Lipinski definition) is 2. The van der Waals surface area contributed by atoms with Crippen molar-refractivity contribution in [3.05, 3.63) is 64.7 Å². The molecule has 0 aliphatic heterocycles. The van der Waals surface area contributed by atoms with Crippen molar-refractivity contribution in [2.45, 2.75) is 6.54 Å². The molecule has 2 rings (SSSR count). The first-order valence-corrected chi connectivity index (χ1v) is 8.56. The molecular weight excluding hydrogens is 479 g/mol. The molecule has 0 saturated carbocycles. The Labute approximate surface area is 181 Å². The van der Waals surface area contributed by atoms with Crippen molar-refractivity contribution < 1.29 is 9.53 Å². The van der Waals surface area contributed by atoms with Crippen LogP contribution in [0, 0.1) is 0 Å². The summed E-state index contributed by atoms with van der Waals surface area (Å²) in [6, 6.07) is 14.5. The summed E-state index contributed by atoms with van der Waals surface area (Å²) in [6.07, 6.45) is 0. The van der Waals surface area contributed by atoms with Crippen LogP contribution in [0.3, 0.4) is 0 Å². The molecule has 0 spiro atoms. The molecule has 0 bridgehead atoms. The van der Waals surface area contributed by atoms with Crippen molar-refractivity contribution in [2.75, 3.05) is 27.2 Å². The number of primary amides is 1. The van der Waals surface area contributed by atoms with Gasteiger partial charge in [0.2, 0.25) is 5.91 Å². The largest absolute Gasteiger partial charge is 0.492 e. The van der Waals surface area contributed by atoms with Crippen LogP contribution in [-0.4, -0.2) is 44.0 Å². The molecule has 6 nitrogen and oxygen atoms in total. The van der Waals surface area contributed by atoms with Gasteiger partial charge in [-0.15, -0.1) is 24.0 Å². The quantitative estimate of drug-likeness (QED) is 0.346. The highest BCUT2D eigenvalue weighted by atomic mass is 127. The Hall–Kier alpha value is -2.00. The van der Waals surface area contributed by atoms with Crippen molar-refractivity contribution in [3.8, 4) is 5.75 Å². The molecule has 0 radical (unpaired) electrons. The number of guanidine groups is 1. The summed E-state index contributed by atoms with van der Waals surface area (Å²) in [4.78, 5) is 17.5. The summed E-state index contributed by atoms with van der Waals surface area (Å²) in [5.74, 6) is 1.07. The Morgan fingerprint density at radius 3 is 2.59 bits per heavy atom. The number of carbonyl (C=O) groups excluding carboxylic acids is 1. The first-order valence-electron chi connectivity index (χ1n) is 8.18. The number of rotatable bonds is 7. The average Bonchev–Trinajstić information content (AvgIpc) is 2.64. The molecule has 2 aromatic rings. The van der Waals surface area contributed by atoms with Gasteiger partial charge in [0.05, 0.1) is 6.54 Å². The predicted octanol–water partition coefficient (Wildman–Crippen LogP) is 3.14. The third kappa shape index (κ3) is 7.64. The Bertz CT molecular complexity index is 769. The van der Waals surface area contributed by atoms with E-state index in [1.807, 2.05) is 36.2 Å². The average molecular weight is 503 g/mol. The normalized spacial score (nSPS) is 10.7. The van der Waals surface area contributed by atoms with Crippen LogP contribution >= 0.6 is 35.6 Å². The van der Waals surface area contributed by atoms with Crippen molar-refractivity contribution in [1.82, 2.24) is 10.2 Å². The molecule has 0 saturated heterocycles. The number of aliphatic imine (C=N–C) groups is 1. The lowest BCUT2D eigenvalue weighted by molar-refractivity contribution is 0.1000. The molecule has 1 amide bonds. The highest BCUT2D eigenvalue weighted by molar-refractivity contribution is 14.0. The molecule has 8 heteroatoms. The number of amides is 1. The van der Waals surface area contributed by atoms with Gasteiger partial charge in [0, 0.05) is 31.2 Å². The Kier molecular flexibility index (Phi) is 9.95. The summed E-state index contributed by atoms with van der Waals surface area (Å²) >= 11 is 5.86. The van der Waals surface area contributed by atoms with E-state index in [1.54, 1.807) is 31.3 Å². The van der Waals surface area contributed by atoms with Gasteiger partial charge in [0.15, 0.2) is 5.96 Å². The number of nitrogens with zero attached hydrogens (tertiary/aromatic N) is 2. The molecule has 3 N–H and O–H groups in total. The van der Waals surface area contributed by atoms with Crippen LogP contribution in [0.5, 0.6) is 5.75 Å². The summed E-state index contributed by atoms with van der Waals surface area (Å²) in [7, 11) is 3.65. The zero-order valence-corrected chi connectivity index (χ0v) is 18.4. The number of likely N-dealkylation sites (N-methyl/N-ethyl adjacent to an activating group) is 1. The maximum absolute atomic E-state index is 11.3. The van der Waals surface area contributed by atoms with E-state index in [2.05, 4.69) is 10.3 Å². The number of nitrogens with two attached hydrogens (primary N) is 1. The van der Waals surface area contributed by atoms with Gasteiger partial charge in [-0.2, -0.15) is 0 Å². The van der Waals surface area contributed by atoms with Crippen LogP contribution in [0.2, 0.25) is 5.02 Å². The molecule has 0 aromatic heterocycles. The highest BCUT2D eigenvalue weighted by Crippen LogP contribution is 2.15. The number of carbonyl (C=O) groups is 1. The number of ether oxygens (including phenoxy) is 1. The molecule has 0 heterocycles. The zero-order valence-electron chi connectivity index (χ0n) is 15.3. The first kappa shape index (κ1) is 23.0. The maximum atomic E-state index is 11.3. The van der Waals surface area contributed by atoms with Gasteiger partial charge in [-0.1, -0.05) is 23.7 Å². The minimum Gasteiger partial charge on any atom is -0.492 e. The van der Waals surface area contributed by atoms with Gasteiger partial charge < -0.3 is 20.7 Å². The minimum absolute atomic E-state index is 0. The SMILES string of the molecule is CN=C(NCc1cccc(C(N)=O)c1)N(C)CCOc1ccc(Cl)cc1.I. The molecule has 0 fully saturated rings. The van der Waals surface area contributed by atoms with Crippen LogP contribution in [-0.2, 0) is 6.54 Å². The molecule has 0 unspecified atom stereocenters. The Morgan fingerprint density at radius 2 is 1.96 bits per heavy atom. The lowest BCUT2D eigenvalue weighted by Crippen LogP contribution is -2.40. The molecule has 146 valence electrons. The van der Waals surface area contributed by atoms with Gasteiger partial charge in [-0.25, -0.2) is 0 Å². The van der Waals surface area contributed by atoms with Gasteiger partial charge >= 0.3 is 0 Å². The third-order valence-electron chi connectivity index (χ3n) is 3.74. The number of benzene rings is 2. The fourth-order valence-corrected chi connectivity index (χ4v) is 2.46. The molecular formula is C19H24ClIN4O2. The fraction of sp³-hybridized carbons (Fsp3) is 0.263. The molecule has 0 aliphatic carbocycles. The van der Waals surface area contributed by atoms with Crippen molar-refractivity contribution >= 4 is 47.4 Å². The Balaban J connectivity index is 0.00000364. The van der Waals surface area contributed by atoms with E-state index in [-0.39, 0.29) is 24.0 Å². The van der Waals surface area contributed by atoms with Crippen LogP contribution in [0.4, 0.5) is 0 Å². The van der Waals surface area contributed by atoms with Crippen molar-refractivity contribution in [1.29, 1.82) is 0 Å². The zero-order chi connectivity index (χ0) is 18.9. The summed E-state index contributed by atoms with van der Waals surface area (Å²) in [5.41, 5.74) is 6.75. The summed E-state index contributed by atoms with van der Waals surface area (Å²) < 4.78 is 5.70.